The third kappa shape index (κ3) is 3.72. The Morgan fingerprint density at radius 3 is 2.30 bits per heavy atom. The molecule has 4 heterocycles. The van der Waals surface area contributed by atoms with Crippen LogP contribution in [0, 0.1) is 6.92 Å². The Balaban J connectivity index is 1.50. The summed E-state index contributed by atoms with van der Waals surface area (Å²) >= 11 is 0.959. The Kier molecular flexibility index (Phi) is 5.14. The molecular weight excluding hydrogens is 419 g/mol. The maximum Gasteiger partial charge on any atom is 0.433 e. The lowest BCUT2D eigenvalue weighted by Crippen LogP contribution is -2.50. The number of piperazine rings is 1. The molecule has 0 aromatic carbocycles. The second-order valence-corrected chi connectivity index (χ2v) is 7.78. The molecule has 3 aromatic heterocycles. The van der Waals surface area contributed by atoms with E-state index in [1.54, 1.807) is 16.7 Å². The van der Waals surface area contributed by atoms with E-state index < -0.39 is 11.9 Å². The minimum Gasteiger partial charge on any atom is -0.334 e. The van der Waals surface area contributed by atoms with E-state index in [4.69, 9.17) is 0 Å². The van der Waals surface area contributed by atoms with Crippen LogP contribution in [0.5, 0.6) is 0 Å². The average Bonchev–Trinajstić information content (AvgIpc) is 3.09. The molecule has 4 rings (SSSR count). The van der Waals surface area contributed by atoms with Gasteiger partial charge in [0.2, 0.25) is 0 Å². The van der Waals surface area contributed by atoms with Crippen LogP contribution in [0.3, 0.4) is 0 Å². The lowest BCUT2D eigenvalue weighted by molar-refractivity contribution is -0.140. The number of alkyl halides is 3. The van der Waals surface area contributed by atoms with Crippen LogP contribution in [0.1, 0.15) is 31.4 Å². The molecule has 1 aliphatic rings. The van der Waals surface area contributed by atoms with Crippen molar-refractivity contribution >= 4 is 33.4 Å². The first-order valence-corrected chi connectivity index (χ1v) is 9.89. The van der Waals surface area contributed by atoms with Crippen molar-refractivity contribution in [2.75, 3.05) is 26.2 Å². The fraction of sp³-hybridized carbons (Fsp3) is 0.316. The molecular formula is C19H16F3N5O2S. The predicted molar refractivity (Wildman–Crippen MR) is 103 cm³/mol. The molecule has 2 amide bonds. The Morgan fingerprint density at radius 2 is 1.70 bits per heavy atom. The van der Waals surface area contributed by atoms with Gasteiger partial charge in [0.15, 0.2) is 0 Å². The summed E-state index contributed by atoms with van der Waals surface area (Å²) in [5.41, 5.74) is -0.130. The van der Waals surface area contributed by atoms with Crippen LogP contribution in [0.2, 0.25) is 0 Å². The van der Waals surface area contributed by atoms with E-state index in [-0.39, 0.29) is 22.3 Å². The zero-order valence-electron chi connectivity index (χ0n) is 15.8. The largest absolute Gasteiger partial charge is 0.433 e. The smallest absolute Gasteiger partial charge is 0.334 e. The van der Waals surface area contributed by atoms with E-state index in [0.717, 1.165) is 17.4 Å². The molecule has 7 nitrogen and oxygen atoms in total. The highest BCUT2D eigenvalue weighted by Gasteiger charge is 2.33. The minimum absolute atomic E-state index is 0.183. The summed E-state index contributed by atoms with van der Waals surface area (Å²) in [6, 6.07) is 2.28. The minimum atomic E-state index is -4.54. The third-order valence-corrected chi connectivity index (χ3v) is 6.11. The molecule has 0 aliphatic carbocycles. The lowest BCUT2D eigenvalue weighted by Gasteiger charge is -2.34. The summed E-state index contributed by atoms with van der Waals surface area (Å²) in [6.07, 6.45) is -0.229. The number of carbonyl (C=O) groups is 2. The maximum atomic E-state index is 13.0. The number of fused-ring (bicyclic) bond motifs is 1. The van der Waals surface area contributed by atoms with Crippen molar-refractivity contribution in [3.05, 3.63) is 52.6 Å². The number of carbonyl (C=O) groups excluding carboxylic acids is 2. The molecule has 30 heavy (non-hydrogen) atoms. The number of hydrogen-bond acceptors (Lipinski definition) is 6. The van der Waals surface area contributed by atoms with Gasteiger partial charge in [-0.05, 0) is 24.6 Å². The van der Waals surface area contributed by atoms with Crippen molar-refractivity contribution in [3.8, 4) is 0 Å². The first kappa shape index (κ1) is 20.2. The highest BCUT2D eigenvalue weighted by Crippen LogP contribution is 2.34. The molecule has 0 spiro atoms. The van der Waals surface area contributed by atoms with Gasteiger partial charge >= 0.3 is 6.18 Å². The Hall–Kier alpha value is -3.08. The number of pyridine rings is 1. The molecule has 11 heteroatoms. The van der Waals surface area contributed by atoms with E-state index in [9.17, 15) is 22.8 Å². The molecule has 1 fully saturated rings. The SMILES string of the molecule is Cc1c(C(=O)N2CCN(C(=O)c3cnccn3)CC2)sc2nc(C(F)(F)F)ccc12. The molecule has 1 aliphatic heterocycles. The fourth-order valence-corrected chi connectivity index (χ4v) is 4.44. The highest BCUT2D eigenvalue weighted by molar-refractivity contribution is 7.20. The van der Waals surface area contributed by atoms with Crippen LogP contribution in [-0.4, -0.2) is 62.7 Å². The van der Waals surface area contributed by atoms with Crippen LogP contribution in [0.4, 0.5) is 13.2 Å². The molecule has 0 radical (unpaired) electrons. The number of thiophene rings is 1. The molecule has 156 valence electrons. The zero-order chi connectivity index (χ0) is 21.5. The van der Waals surface area contributed by atoms with E-state index in [0.29, 0.717) is 42.0 Å². The third-order valence-electron chi connectivity index (χ3n) is 4.92. The standard InChI is InChI=1S/C19H16F3N5O2S/c1-11-12-2-3-14(19(20,21)22)25-16(12)30-15(11)18(29)27-8-6-26(7-9-27)17(28)13-10-23-4-5-24-13/h2-5,10H,6-9H2,1H3. The van der Waals surface area contributed by atoms with Crippen LogP contribution in [0.15, 0.2) is 30.7 Å². The van der Waals surface area contributed by atoms with Gasteiger partial charge in [-0.15, -0.1) is 11.3 Å². The van der Waals surface area contributed by atoms with E-state index in [2.05, 4.69) is 15.0 Å². The van der Waals surface area contributed by atoms with Gasteiger partial charge in [0.25, 0.3) is 11.8 Å². The molecule has 0 saturated carbocycles. The lowest BCUT2D eigenvalue weighted by atomic mass is 10.1. The van der Waals surface area contributed by atoms with Crippen LogP contribution < -0.4 is 0 Å². The fourth-order valence-electron chi connectivity index (χ4n) is 3.29. The summed E-state index contributed by atoms with van der Waals surface area (Å²) in [5.74, 6) is -0.521. The van der Waals surface area contributed by atoms with E-state index >= 15 is 0 Å². The van der Waals surface area contributed by atoms with Crippen molar-refractivity contribution in [3.63, 3.8) is 0 Å². The van der Waals surface area contributed by atoms with E-state index in [1.165, 1.54) is 24.7 Å². The number of aromatic nitrogens is 3. The molecule has 1 saturated heterocycles. The van der Waals surface area contributed by atoms with Crippen molar-refractivity contribution in [1.82, 2.24) is 24.8 Å². The zero-order valence-corrected chi connectivity index (χ0v) is 16.6. The van der Waals surface area contributed by atoms with Gasteiger partial charge in [-0.1, -0.05) is 0 Å². The molecule has 0 unspecified atom stereocenters. The number of halogens is 3. The quantitative estimate of drug-likeness (QED) is 0.618. The molecule has 3 aromatic rings. The van der Waals surface area contributed by atoms with Crippen molar-refractivity contribution in [1.29, 1.82) is 0 Å². The summed E-state index contributed by atoms with van der Waals surface area (Å²) in [5, 5.41) is 0.535. The first-order chi connectivity index (χ1) is 14.3. The first-order valence-electron chi connectivity index (χ1n) is 9.07. The number of amides is 2. The van der Waals surface area contributed by atoms with Crippen molar-refractivity contribution in [2.24, 2.45) is 0 Å². The van der Waals surface area contributed by atoms with Gasteiger partial charge in [0, 0.05) is 44.0 Å². The van der Waals surface area contributed by atoms with E-state index in [1.807, 2.05) is 0 Å². The Morgan fingerprint density at radius 1 is 1.03 bits per heavy atom. The van der Waals surface area contributed by atoms with Crippen LogP contribution in [-0.2, 0) is 6.18 Å². The summed E-state index contributed by atoms with van der Waals surface area (Å²) < 4.78 is 38.8. The number of hydrogen-bond donors (Lipinski definition) is 0. The van der Waals surface area contributed by atoms with Gasteiger partial charge < -0.3 is 9.80 Å². The normalized spacial score (nSPS) is 14.9. The molecule has 0 bridgehead atoms. The Bertz CT molecular complexity index is 1110. The number of nitrogens with zero attached hydrogens (tertiary/aromatic N) is 5. The second-order valence-electron chi connectivity index (χ2n) is 6.78. The molecule has 0 N–H and O–H groups in total. The highest BCUT2D eigenvalue weighted by atomic mass is 32.1. The number of rotatable bonds is 2. The van der Waals surface area contributed by atoms with Crippen molar-refractivity contribution in [2.45, 2.75) is 13.1 Å². The van der Waals surface area contributed by atoms with Gasteiger partial charge in [-0.25, -0.2) is 9.97 Å². The van der Waals surface area contributed by atoms with Crippen molar-refractivity contribution < 1.29 is 22.8 Å². The van der Waals surface area contributed by atoms with Gasteiger partial charge in [0.05, 0.1) is 11.1 Å². The van der Waals surface area contributed by atoms with Gasteiger partial charge in [-0.2, -0.15) is 13.2 Å². The number of aryl methyl sites for hydroxylation is 1. The monoisotopic (exact) mass is 435 g/mol. The topological polar surface area (TPSA) is 79.3 Å². The maximum absolute atomic E-state index is 13.0. The summed E-state index contributed by atoms with van der Waals surface area (Å²) in [4.78, 5) is 40.7. The van der Waals surface area contributed by atoms with Crippen LogP contribution in [0.25, 0.3) is 10.2 Å². The summed E-state index contributed by atoms with van der Waals surface area (Å²) in [7, 11) is 0. The van der Waals surface area contributed by atoms with Gasteiger partial charge in [-0.3, -0.25) is 14.6 Å². The Labute approximate surface area is 173 Å². The van der Waals surface area contributed by atoms with Gasteiger partial charge in [0.1, 0.15) is 16.2 Å². The predicted octanol–water partition coefficient (Wildman–Crippen LogP) is 3.01. The molecule has 0 atom stereocenters. The summed E-state index contributed by atoms with van der Waals surface area (Å²) in [6.45, 7) is 3.01. The second kappa shape index (κ2) is 7.63. The van der Waals surface area contributed by atoms with Crippen LogP contribution >= 0.6 is 11.3 Å². The average molecular weight is 435 g/mol.